The first kappa shape index (κ1) is 16.7. The van der Waals surface area contributed by atoms with Gasteiger partial charge in [-0.25, -0.2) is 0 Å². The Labute approximate surface area is 111 Å². The molecule has 0 radical (unpaired) electrons. The highest BCUT2D eigenvalue weighted by atomic mass is 35.5. The van der Waals surface area contributed by atoms with E-state index in [0.717, 1.165) is 12.5 Å². The molecule has 0 aromatic rings. The van der Waals surface area contributed by atoms with Crippen LogP contribution in [0.2, 0.25) is 0 Å². The molecular weight excluding hydrogens is 236 g/mol. The van der Waals surface area contributed by atoms with Crippen LogP contribution in [0.1, 0.15) is 46.5 Å². The quantitative estimate of drug-likeness (QED) is 0.817. The zero-order valence-corrected chi connectivity index (χ0v) is 12.1. The van der Waals surface area contributed by atoms with E-state index in [2.05, 4.69) is 12.2 Å². The monoisotopic (exact) mass is 262 g/mol. The van der Waals surface area contributed by atoms with Crippen LogP contribution < -0.4 is 11.1 Å². The van der Waals surface area contributed by atoms with Gasteiger partial charge >= 0.3 is 0 Å². The van der Waals surface area contributed by atoms with Crippen molar-refractivity contribution in [2.75, 3.05) is 6.54 Å². The zero-order valence-electron chi connectivity index (χ0n) is 11.2. The number of rotatable bonds is 4. The van der Waals surface area contributed by atoms with Crippen LogP contribution >= 0.6 is 12.4 Å². The Morgan fingerprint density at radius 2 is 2.06 bits per heavy atom. The molecule has 0 saturated heterocycles. The summed E-state index contributed by atoms with van der Waals surface area (Å²) >= 11 is 0. The Morgan fingerprint density at radius 1 is 1.41 bits per heavy atom. The van der Waals surface area contributed by atoms with Gasteiger partial charge in [-0.3, -0.25) is 4.79 Å². The fourth-order valence-electron chi connectivity index (χ4n) is 2.39. The van der Waals surface area contributed by atoms with Gasteiger partial charge in [-0.1, -0.05) is 26.7 Å². The van der Waals surface area contributed by atoms with Gasteiger partial charge in [0.25, 0.3) is 0 Å². The number of nitrogens with one attached hydrogen (secondary N) is 1. The molecule has 0 heterocycles. The van der Waals surface area contributed by atoms with E-state index < -0.39 is 0 Å². The second-order valence-corrected chi connectivity index (χ2v) is 5.53. The Kier molecular flexibility index (Phi) is 7.80. The first-order valence-electron chi connectivity index (χ1n) is 6.54. The van der Waals surface area contributed by atoms with Gasteiger partial charge in [-0.2, -0.15) is 0 Å². The molecule has 3 N–H and O–H groups in total. The first-order valence-corrected chi connectivity index (χ1v) is 6.54. The number of hydrogen-bond donors (Lipinski definition) is 2. The molecule has 1 rings (SSSR count). The summed E-state index contributed by atoms with van der Waals surface area (Å²) in [5.41, 5.74) is 5.71. The number of nitrogens with two attached hydrogens (primary N) is 1. The van der Waals surface area contributed by atoms with Gasteiger partial charge in [0, 0.05) is 18.5 Å². The van der Waals surface area contributed by atoms with Crippen LogP contribution in [0.15, 0.2) is 0 Å². The summed E-state index contributed by atoms with van der Waals surface area (Å²) in [7, 11) is 0. The van der Waals surface area contributed by atoms with E-state index in [1.807, 2.05) is 13.8 Å². The van der Waals surface area contributed by atoms with Crippen molar-refractivity contribution in [2.24, 2.45) is 23.5 Å². The third-order valence-corrected chi connectivity index (χ3v) is 3.81. The highest BCUT2D eigenvalue weighted by Crippen LogP contribution is 2.27. The van der Waals surface area contributed by atoms with Crippen molar-refractivity contribution in [3.63, 3.8) is 0 Å². The van der Waals surface area contributed by atoms with E-state index >= 15 is 0 Å². The van der Waals surface area contributed by atoms with E-state index in [9.17, 15) is 4.79 Å². The predicted molar refractivity (Wildman–Crippen MR) is 74.2 cm³/mol. The van der Waals surface area contributed by atoms with Crippen molar-refractivity contribution >= 4 is 18.3 Å². The minimum absolute atomic E-state index is 0. The molecule has 1 aliphatic carbocycles. The molecule has 4 heteroatoms. The third-order valence-electron chi connectivity index (χ3n) is 3.81. The van der Waals surface area contributed by atoms with Crippen molar-refractivity contribution in [1.82, 2.24) is 5.32 Å². The van der Waals surface area contributed by atoms with Gasteiger partial charge < -0.3 is 11.1 Å². The van der Waals surface area contributed by atoms with Gasteiger partial charge in [0.15, 0.2) is 0 Å². The second kappa shape index (κ2) is 7.93. The third kappa shape index (κ3) is 5.73. The molecule has 0 aromatic carbocycles. The number of carbonyl (C=O) groups is 1. The lowest BCUT2D eigenvalue weighted by Crippen LogP contribution is -2.40. The molecule has 4 atom stereocenters. The van der Waals surface area contributed by atoms with Gasteiger partial charge in [0.05, 0.1) is 0 Å². The summed E-state index contributed by atoms with van der Waals surface area (Å²) in [4.78, 5) is 11.7. The Balaban J connectivity index is 0.00000256. The number of carbonyl (C=O) groups excluding carboxylic acids is 1. The first-order chi connectivity index (χ1) is 7.50. The Morgan fingerprint density at radius 3 is 2.59 bits per heavy atom. The van der Waals surface area contributed by atoms with Crippen LogP contribution in [0.25, 0.3) is 0 Å². The molecule has 4 unspecified atom stereocenters. The van der Waals surface area contributed by atoms with E-state index in [1.54, 1.807) is 0 Å². The van der Waals surface area contributed by atoms with Crippen LogP contribution in [0.5, 0.6) is 0 Å². The lowest BCUT2D eigenvalue weighted by molar-refractivity contribution is -0.125. The maximum absolute atomic E-state index is 11.7. The molecule has 17 heavy (non-hydrogen) atoms. The van der Waals surface area contributed by atoms with Crippen molar-refractivity contribution in [3.05, 3.63) is 0 Å². The molecule has 0 spiro atoms. The van der Waals surface area contributed by atoms with Crippen molar-refractivity contribution < 1.29 is 4.79 Å². The minimum Gasteiger partial charge on any atom is -0.356 e. The van der Waals surface area contributed by atoms with Gasteiger partial charge in [-0.15, -0.1) is 12.4 Å². The van der Waals surface area contributed by atoms with Gasteiger partial charge in [0.2, 0.25) is 5.91 Å². The number of halogens is 1. The van der Waals surface area contributed by atoms with Crippen molar-refractivity contribution in [1.29, 1.82) is 0 Å². The lowest BCUT2D eigenvalue weighted by Gasteiger charge is -2.27. The smallest absolute Gasteiger partial charge is 0.224 e. The van der Waals surface area contributed by atoms with E-state index in [0.29, 0.717) is 5.92 Å². The van der Waals surface area contributed by atoms with Crippen LogP contribution in [0.4, 0.5) is 0 Å². The Hall–Kier alpha value is -0.280. The second-order valence-electron chi connectivity index (χ2n) is 5.53. The SMILES string of the molecule is CC1CCCC(CNC(=O)C(C)C(C)N)C1.Cl. The number of amides is 1. The zero-order chi connectivity index (χ0) is 12.1. The molecule has 1 fully saturated rings. The average Bonchev–Trinajstić information content (AvgIpc) is 2.24. The highest BCUT2D eigenvalue weighted by Gasteiger charge is 2.21. The lowest BCUT2D eigenvalue weighted by atomic mass is 9.82. The van der Waals surface area contributed by atoms with Gasteiger partial charge in [-0.05, 0) is 31.6 Å². The summed E-state index contributed by atoms with van der Waals surface area (Å²) < 4.78 is 0. The molecule has 1 aliphatic rings. The molecular formula is C13H27ClN2O. The summed E-state index contributed by atoms with van der Waals surface area (Å²) in [6.45, 7) is 6.91. The topological polar surface area (TPSA) is 55.1 Å². The summed E-state index contributed by atoms with van der Waals surface area (Å²) in [5, 5.41) is 3.04. The molecule has 1 amide bonds. The fourth-order valence-corrected chi connectivity index (χ4v) is 2.39. The van der Waals surface area contributed by atoms with E-state index in [-0.39, 0.29) is 30.3 Å². The average molecular weight is 263 g/mol. The predicted octanol–water partition coefficient (Wildman–Crippen LogP) is 2.33. The number of hydrogen-bond acceptors (Lipinski definition) is 2. The summed E-state index contributed by atoms with van der Waals surface area (Å²) in [6, 6.07) is -0.0646. The van der Waals surface area contributed by atoms with Crippen LogP contribution in [-0.4, -0.2) is 18.5 Å². The maximum Gasteiger partial charge on any atom is 0.224 e. The molecule has 0 aromatic heterocycles. The van der Waals surface area contributed by atoms with E-state index in [1.165, 1.54) is 25.7 Å². The maximum atomic E-state index is 11.7. The highest BCUT2D eigenvalue weighted by molar-refractivity contribution is 5.85. The standard InChI is InChI=1S/C13H26N2O.ClH/c1-9-5-4-6-12(7-9)8-15-13(16)10(2)11(3)14;/h9-12H,4-8,14H2,1-3H3,(H,15,16);1H. The summed E-state index contributed by atoms with van der Waals surface area (Å²) in [5.74, 6) is 1.52. The van der Waals surface area contributed by atoms with Gasteiger partial charge in [0.1, 0.15) is 0 Å². The molecule has 1 saturated carbocycles. The molecule has 3 nitrogen and oxygen atoms in total. The summed E-state index contributed by atoms with van der Waals surface area (Å²) in [6.07, 6.45) is 5.18. The molecule has 0 aliphatic heterocycles. The Bertz CT molecular complexity index is 233. The van der Waals surface area contributed by atoms with E-state index in [4.69, 9.17) is 5.73 Å². The van der Waals surface area contributed by atoms with Crippen LogP contribution in [0, 0.1) is 17.8 Å². The van der Waals surface area contributed by atoms with Crippen LogP contribution in [0.3, 0.4) is 0 Å². The molecule has 102 valence electrons. The normalized spacial score (nSPS) is 27.8. The fraction of sp³-hybridized carbons (Fsp3) is 0.923. The van der Waals surface area contributed by atoms with Crippen molar-refractivity contribution in [2.45, 2.75) is 52.5 Å². The molecule has 0 bridgehead atoms. The minimum atomic E-state index is -0.0824. The largest absolute Gasteiger partial charge is 0.356 e. The van der Waals surface area contributed by atoms with Crippen LogP contribution in [-0.2, 0) is 4.79 Å². The van der Waals surface area contributed by atoms with Crippen molar-refractivity contribution in [3.8, 4) is 0 Å².